The summed E-state index contributed by atoms with van der Waals surface area (Å²) in [7, 11) is 3.30. The number of aliphatic hydroxyl groups excluding tert-OH is 1. The minimum absolute atomic E-state index is 0.248. The van der Waals surface area contributed by atoms with Crippen LogP contribution in [0.1, 0.15) is 18.4 Å². The zero-order valence-corrected chi connectivity index (χ0v) is 9.32. The first-order valence-electron chi connectivity index (χ1n) is 5.13. The van der Waals surface area contributed by atoms with Crippen molar-refractivity contribution in [3.8, 4) is 11.5 Å². The van der Waals surface area contributed by atoms with Crippen molar-refractivity contribution in [2.45, 2.75) is 19.3 Å². The van der Waals surface area contributed by atoms with Crippen molar-refractivity contribution in [3.63, 3.8) is 0 Å². The summed E-state index contributed by atoms with van der Waals surface area (Å²) in [6.07, 6.45) is 2.72. The Hall–Kier alpha value is -1.22. The summed E-state index contributed by atoms with van der Waals surface area (Å²) < 4.78 is 10.4. The summed E-state index contributed by atoms with van der Waals surface area (Å²) in [4.78, 5) is 0. The van der Waals surface area contributed by atoms with Crippen LogP contribution in [0.5, 0.6) is 11.5 Å². The second kappa shape index (κ2) is 6.30. The van der Waals surface area contributed by atoms with Gasteiger partial charge in [-0.2, -0.15) is 0 Å². The molecular weight excluding hydrogens is 192 g/mol. The molecule has 0 aromatic heterocycles. The number of methoxy groups -OCH3 is 2. The molecule has 1 aromatic carbocycles. The zero-order valence-electron chi connectivity index (χ0n) is 9.32. The summed E-state index contributed by atoms with van der Waals surface area (Å²) in [5, 5.41) is 8.70. The number of rotatable bonds is 6. The van der Waals surface area contributed by atoms with Gasteiger partial charge in [-0.1, -0.05) is 6.07 Å². The minimum Gasteiger partial charge on any atom is -0.497 e. The van der Waals surface area contributed by atoms with Crippen molar-refractivity contribution in [2.75, 3.05) is 20.8 Å². The van der Waals surface area contributed by atoms with Crippen LogP contribution < -0.4 is 9.47 Å². The monoisotopic (exact) mass is 210 g/mol. The number of aryl methyl sites for hydroxylation is 1. The van der Waals surface area contributed by atoms with Gasteiger partial charge in [0, 0.05) is 12.7 Å². The largest absolute Gasteiger partial charge is 0.497 e. The Morgan fingerprint density at radius 2 is 1.93 bits per heavy atom. The quantitative estimate of drug-likeness (QED) is 0.730. The Morgan fingerprint density at radius 3 is 2.53 bits per heavy atom. The number of unbranched alkanes of at least 4 members (excludes halogenated alkanes) is 1. The maximum Gasteiger partial charge on any atom is 0.125 e. The van der Waals surface area contributed by atoms with Crippen LogP contribution in [0.15, 0.2) is 18.2 Å². The highest BCUT2D eigenvalue weighted by Gasteiger charge is 2.04. The molecule has 0 unspecified atom stereocenters. The average molecular weight is 210 g/mol. The summed E-state index contributed by atoms with van der Waals surface area (Å²) >= 11 is 0. The number of benzene rings is 1. The average Bonchev–Trinajstić information content (AvgIpc) is 2.29. The molecular formula is C12H18O3. The minimum atomic E-state index is 0.248. The fourth-order valence-electron chi connectivity index (χ4n) is 1.49. The predicted molar refractivity (Wildman–Crippen MR) is 59.6 cm³/mol. The van der Waals surface area contributed by atoms with Crippen LogP contribution in [-0.4, -0.2) is 25.9 Å². The van der Waals surface area contributed by atoms with Gasteiger partial charge >= 0.3 is 0 Å². The van der Waals surface area contributed by atoms with Crippen molar-refractivity contribution in [1.29, 1.82) is 0 Å². The van der Waals surface area contributed by atoms with Gasteiger partial charge in [0.1, 0.15) is 11.5 Å². The molecule has 0 amide bonds. The molecule has 0 saturated carbocycles. The van der Waals surface area contributed by atoms with Gasteiger partial charge in [-0.25, -0.2) is 0 Å². The predicted octanol–water partition coefficient (Wildman–Crippen LogP) is 2.02. The molecule has 0 radical (unpaired) electrons. The Bertz CT molecular complexity index is 297. The molecule has 1 N–H and O–H groups in total. The van der Waals surface area contributed by atoms with E-state index in [0.717, 1.165) is 36.3 Å². The zero-order chi connectivity index (χ0) is 11.1. The Balaban J connectivity index is 2.69. The van der Waals surface area contributed by atoms with Crippen LogP contribution in [0.2, 0.25) is 0 Å². The molecule has 0 spiro atoms. The van der Waals surface area contributed by atoms with E-state index in [0.29, 0.717) is 0 Å². The standard InChI is InChI=1S/C12H18O3/c1-14-11-7-6-10(5-3-4-8-13)12(9-11)15-2/h6-7,9,13H,3-5,8H2,1-2H3. The lowest BCUT2D eigenvalue weighted by Crippen LogP contribution is -1.95. The third-order valence-corrected chi connectivity index (χ3v) is 2.35. The third kappa shape index (κ3) is 3.44. The lowest BCUT2D eigenvalue weighted by Gasteiger charge is -2.09. The summed E-state index contributed by atoms with van der Waals surface area (Å²) in [6.45, 7) is 0.248. The van der Waals surface area contributed by atoms with Crippen LogP contribution in [0.25, 0.3) is 0 Å². The second-order valence-corrected chi connectivity index (χ2v) is 3.36. The topological polar surface area (TPSA) is 38.7 Å². The summed E-state index contributed by atoms with van der Waals surface area (Å²) in [5.41, 5.74) is 1.16. The van der Waals surface area contributed by atoms with E-state index in [2.05, 4.69) is 0 Å². The van der Waals surface area contributed by atoms with E-state index in [1.54, 1.807) is 14.2 Å². The van der Waals surface area contributed by atoms with E-state index in [1.807, 2.05) is 18.2 Å². The smallest absolute Gasteiger partial charge is 0.125 e. The Labute approximate surface area is 90.6 Å². The van der Waals surface area contributed by atoms with Crippen LogP contribution in [0.3, 0.4) is 0 Å². The molecule has 0 aliphatic heterocycles. The SMILES string of the molecule is COc1ccc(CCCCO)c(OC)c1. The second-order valence-electron chi connectivity index (χ2n) is 3.36. The van der Waals surface area contributed by atoms with Crippen LogP contribution in [-0.2, 0) is 6.42 Å². The molecule has 1 aromatic rings. The molecule has 0 atom stereocenters. The lowest BCUT2D eigenvalue weighted by molar-refractivity contribution is 0.284. The molecule has 0 fully saturated rings. The molecule has 1 rings (SSSR count). The van der Waals surface area contributed by atoms with Crippen molar-refractivity contribution in [1.82, 2.24) is 0 Å². The van der Waals surface area contributed by atoms with Crippen molar-refractivity contribution >= 4 is 0 Å². The van der Waals surface area contributed by atoms with Gasteiger partial charge in [0.25, 0.3) is 0 Å². The molecule has 3 heteroatoms. The Kier molecular flexibility index (Phi) is 4.98. The molecule has 0 heterocycles. The first-order valence-corrected chi connectivity index (χ1v) is 5.13. The van der Waals surface area contributed by atoms with Gasteiger partial charge in [-0.05, 0) is 30.9 Å². The van der Waals surface area contributed by atoms with Crippen molar-refractivity contribution in [2.24, 2.45) is 0 Å². The first-order chi connectivity index (χ1) is 7.31. The van der Waals surface area contributed by atoms with E-state index < -0.39 is 0 Å². The normalized spacial score (nSPS) is 10.1. The maximum atomic E-state index is 8.70. The number of aliphatic hydroxyl groups is 1. The fraction of sp³-hybridized carbons (Fsp3) is 0.500. The van der Waals surface area contributed by atoms with E-state index in [9.17, 15) is 0 Å². The molecule has 0 bridgehead atoms. The van der Waals surface area contributed by atoms with Crippen molar-refractivity contribution in [3.05, 3.63) is 23.8 Å². The lowest BCUT2D eigenvalue weighted by atomic mass is 10.1. The summed E-state index contributed by atoms with van der Waals surface area (Å²) in [6, 6.07) is 5.82. The van der Waals surface area contributed by atoms with Crippen LogP contribution >= 0.6 is 0 Å². The van der Waals surface area contributed by atoms with Crippen LogP contribution in [0.4, 0.5) is 0 Å². The van der Waals surface area contributed by atoms with Gasteiger partial charge in [0.05, 0.1) is 14.2 Å². The third-order valence-electron chi connectivity index (χ3n) is 2.35. The van der Waals surface area contributed by atoms with Gasteiger partial charge in [-0.3, -0.25) is 0 Å². The molecule has 0 aliphatic rings. The fourth-order valence-corrected chi connectivity index (χ4v) is 1.49. The van der Waals surface area contributed by atoms with Gasteiger partial charge < -0.3 is 14.6 Å². The maximum absolute atomic E-state index is 8.70. The van der Waals surface area contributed by atoms with Crippen LogP contribution in [0, 0.1) is 0 Å². The first kappa shape index (κ1) is 11.9. The highest BCUT2D eigenvalue weighted by atomic mass is 16.5. The number of hydrogen-bond donors (Lipinski definition) is 1. The highest BCUT2D eigenvalue weighted by molar-refractivity contribution is 5.40. The van der Waals surface area contributed by atoms with Gasteiger partial charge in [0.15, 0.2) is 0 Å². The number of ether oxygens (including phenoxy) is 2. The van der Waals surface area contributed by atoms with E-state index >= 15 is 0 Å². The molecule has 3 nitrogen and oxygen atoms in total. The van der Waals surface area contributed by atoms with Gasteiger partial charge in [-0.15, -0.1) is 0 Å². The number of hydrogen-bond acceptors (Lipinski definition) is 3. The van der Waals surface area contributed by atoms with Crippen molar-refractivity contribution < 1.29 is 14.6 Å². The van der Waals surface area contributed by atoms with E-state index in [4.69, 9.17) is 14.6 Å². The molecule has 0 aliphatic carbocycles. The molecule has 0 saturated heterocycles. The molecule has 84 valence electrons. The highest BCUT2D eigenvalue weighted by Crippen LogP contribution is 2.25. The van der Waals surface area contributed by atoms with Gasteiger partial charge in [0.2, 0.25) is 0 Å². The Morgan fingerprint density at radius 1 is 1.13 bits per heavy atom. The molecule has 15 heavy (non-hydrogen) atoms. The van der Waals surface area contributed by atoms with E-state index in [1.165, 1.54) is 0 Å². The summed E-state index contributed by atoms with van der Waals surface area (Å²) in [5.74, 6) is 1.66. The van der Waals surface area contributed by atoms with E-state index in [-0.39, 0.29) is 6.61 Å².